The quantitative estimate of drug-likeness (QED) is 0.610. The van der Waals surface area contributed by atoms with E-state index in [9.17, 15) is 0 Å². The van der Waals surface area contributed by atoms with Gasteiger partial charge < -0.3 is 4.74 Å². The summed E-state index contributed by atoms with van der Waals surface area (Å²) in [6.07, 6.45) is 0.894. The first-order valence-corrected chi connectivity index (χ1v) is 6.07. The van der Waals surface area contributed by atoms with E-state index in [1.54, 1.807) is 7.11 Å². The van der Waals surface area contributed by atoms with Gasteiger partial charge in [-0.05, 0) is 43.9 Å². The maximum Gasteiger partial charge on any atom is 0.0854 e. The average molecular weight is 236 g/mol. The predicted octanol–water partition coefficient (Wildman–Crippen LogP) is 2.62. The van der Waals surface area contributed by atoms with Crippen LogP contribution in [0.25, 0.3) is 0 Å². The summed E-state index contributed by atoms with van der Waals surface area (Å²) in [5, 5.41) is 0. The lowest BCUT2D eigenvalue weighted by atomic mass is 9.87. The first kappa shape index (κ1) is 14.2. The summed E-state index contributed by atoms with van der Waals surface area (Å²) in [4.78, 5) is 0. The Bertz CT molecular complexity index is 372. The molecule has 2 unspecified atom stereocenters. The van der Waals surface area contributed by atoms with E-state index in [0.717, 1.165) is 6.42 Å². The third-order valence-electron chi connectivity index (χ3n) is 3.81. The van der Waals surface area contributed by atoms with Gasteiger partial charge in [-0.25, -0.2) is 0 Å². The Labute approximate surface area is 104 Å². The molecule has 3 heteroatoms. The van der Waals surface area contributed by atoms with Crippen LogP contribution in [0.2, 0.25) is 0 Å². The fourth-order valence-electron chi connectivity index (χ4n) is 2.04. The molecule has 1 aromatic rings. The Morgan fingerprint density at radius 3 is 2.41 bits per heavy atom. The number of aryl methyl sites for hydroxylation is 2. The van der Waals surface area contributed by atoms with E-state index in [4.69, 9.17) is 10.6 Å². The second-order valence-electron chi connectivity index (χ2n) is 4.81. The predicted molar refractivity (Wildman–Crippen MR) is 71.7 cm³/mol. The maximum atomic E-state index is 5.70. The van der Waals surface area contributed by atoms with Crippen molar-refractivity contribution in [2.75, 3.05) is 7.11 Å². The highest BCUT2D eigenvalue weighted by Gasteiger charge is 2.33. The van der Waals surface area contributed by atoms with Gasteiger partial charge in [0.2, 0.25) is 0 Å². The number of benzene rings is 1. The molecular formula is C14H24N2O. The van der Waals surface area contributed by atoms with E-state index in [2.05, 4.69) is 51.3 Å². The zero-order valence-electron chi connectivity index (χ0n) is 11.5. The van der Waals surface area contributed by atoms with Crippen LogP contribution in [0.3, 0.4) is 0 Å². The molecule has 3 nitrogen and oxygen atoms in total. The monoisotopic (exact) mass is 236 g/mol. The summed E-state index contributed by atoms with van der Waals surface area (Å²) in [7, 11) is 1.73. The molecule has 2 atom stereocenters. The van der Waals surface area contributed by atoms with Crippen molar-refractivity contribution < 1.29 is 4.74 Å². The minimum atomic E-state index is -0.295. The maximum absolute atomic E-state index is 5.70. The first-order chi connectivity index (χ1) is 7.98. The van der Waals surface area contributed by atoms with Crippen molar-refractivity contribution >= 4 is 0 Å². The molecule has 0 radical (unpaired) electrons. The summed E-state index contributed by atoms with van der Waals surface area (Å²) in [6.45, 7) is 8.41. The Kier molecular flexibility index (Phi) is 4.69. The van der Waals surface area contributed by atoms with Crippen molar-refractivity contribution in [3.8, 4) is 0 Å². The number of nitrogens with one attached hydrogen (secondary N) is 1. The summed E-state index contributed by atoms with van der Waals surface area (Å²) >= 11 is 0. The van der Waals surface area contributed by atoms with Gasteiger partial charge in [-0.1, -0.05) is 25.1 Å². The zero-order valence-corrected chi connectivity index (χ0v) is 11.5. The molecule has 17 heavy (non-hydrogen) atoms. The van der Waals surface area contributed by atoms with Gasteiger partial charge >= 0.3 is 0 Å². The lowest BCUT2D eigenvalue weighted by Crippen LogP contribution is -2.45. The van der Waals surface area contributed by atoms with Crippen molar-refractivity contribution in [3.63, 3.8) is 0 Å². The van der Waals surface area contributed by atoms with Crippen molar-refractivity contribution in [2.45, 2.75) is 45.8 Å². The summed E-state index contributed by atoms with van der Waals surface area (Å²) in [5.41, 5.74) is 6.32. The zero-order chi connectivity index (χ0) is 13.1. The van der Waals surface area contributed by atoms with Gasteiger partial charge in [0, 0.05) is 7.11 Å². The number of rotatable bonds is 5. The lowest BCUT2D eigenvalue weighted by Gasteiger charge is -2.35. The molecule has 0 aliphatic rings. The van der Waals surface area contributed by atoms with Crippen molar-refractivity contribution in [1.29, 1.82) is 0 Å². The van der Waals surface area contributed by atoms with Gasteiger partial charge in [0.15, 0.2) is 0 Å². The van der Waals surface area contributed by atoms with Gasteiger partial charge in [0.25, 0.3) is 0 Å². The third-order valence-corrected chi connectivity index (χ3v) is 3.81. The fourth-order valence-corrected chi connectivity index (χ4v) is 2.04. The van der Waals surface area contributed by atoms with Crippen LogP contribution in [-0.4, -0.2) is 12.7 Å². The van der Waals surface area contributed by atoms with Crippen LogP contribution in [0.1, 0.15) is 43.0 Å². The number of methoxy groups -OCH3 is 1. The number of ether oxygens (including phenoxy) is 1. The molecule has 1 rings (SSSR count). The van der Waals surface area contributed by atoms with Gasteiger partial charge in [0.1, 0.15) is 0 Å². The first-order valence-electron chi connectivity index (χ1n) is 6.07. The van der Waals surface area contributed by atoms with Crippen LogP contribution in [0.15, 0.2) is 18.2 Å². The van der Waals surface area contributed by atoms with Crippen LogP contribution in [0.5, 0.6) is 0 Å². The molecule has 0 saturated heterocycles. The molecule has 0 aromatic heterocycles. The van der Waals surface area contributed by atoms with E-state index in [1.807, 2.05) is 0 Å². The second-order valence-corrected chi connectivity index (χ2v) is 4.81. The largest absolute Gasteiger partial charge is 0.376 e. The Morgan fingerprint density at radius 2 is 2.00 bits per heavy atom. The van der Waals surface area contributed by atoms with Crippen molar-refractivity contribution in [3.05, 3.63) is 34.9 Å². The third kappa shape index (κ3) is 2.86. The Hall–Kier alpha value is -0.900. The molecule has 0 heterocycles. The SMILES string of the molecule is CCC(C)(OC)C(NN)c1ccc(C)c(C)c1. The number of hydrogen-bond acceptors (Lipinski definition) is 3. The topological polar surface area (TPSA) is 47.3 Å². The highest BCUT2D eigenvalue weighted by Crippen LogP contribution is 2.31. The molecule has 0 saturated carbocycles. The number of hydrogen-bond donors (Lipinski definition) is 2. The van der Waals surface area contributed by atoms with Crippen molar-refractivity contribution in [1.82, 2.24) is 5.43 Å². The highest BCUT2D eigenvalue weighted by molar-refractivity contribution is 5.32. The van der Waals surface area contributed by atoms with Crippen molar-refractivity contribution in [2.24, 2.45) is 5.84 Å². The van der Waals surface area contributed by atoms with Crippen LogP contribution in [-0.2, 0) is 4.74 Å². The summed E-state index contributed by atoms with van der Waals surface area (Å²) in [6, 6.07) is 6.41. The van der Waals surface area contributed by atoms with E-state index in [0.29, 0.717) is 0 Å². The fraction of sp³-hybridized carbons (Fsp3) is 0.571. The standard InChI is InChI=1S/C14H24N2O/c1-6-14(4,17-5)13(16-15)12-8-7-10(2)11(3)9-12/h7-9,13,16H,6,15H2,1-5H3. The van der Waals surface area contributed by atoms with E-state index >= 15 is 0 Å². The highest BCUT2D eigenvalue weighted by atomic mass is 16.5. The van der Waals surface area contributed by atoms with Gasteiger partial charge in [-0.2, -0.15) is 0 Å². The summed E-state index contributed by atoms with van der Waals surface area (Å²) < 4.78 is 5.62. The lowest BCUT2D eigenvalue weighted by molar-refractivity contribution is -0.0300. The molecule has 0 spiro atoms. The molecule has 3 N–H and O–H groups in total. The van der Waals surface area contributed by atoms with E-state index in [-0.39, 0.29) is 11.6 Å². The van der Waals surface area contributed by atoms with Gasteiger partial charge in [-0.15, -0.1) is 0 Å². The Balaban J connectivity index is 3.13. The molecule has 1 aromatic carbocycles. The molecule has 0 aliphatic heterocycles. The number of hydrazine groups is 1. The normalized spacial score (nSPS) is 16.6. The van der Waals surface area contributed by atoms with Crippen LogP contribution >= 0.6 is 0 Å². The molecule has 0 bridgehead atoms. The Morgan fingerprint density at radius 1 is 1.35 bits per heavy atom. The van der Waals surface area contributed by atoms with Gasteiger partial charge in [0.05, 0.1) is 11.6 Å². The molecule has 0 amide bonds. The van der Waals surface area contributed by atoms with Crippen LogP contribution in [0, 0.1) is 13.8 Å². The minimum Gasteiger partial charge on any atom is -0.376 e. The molecule has 96 valence electrons. The van der Waals surface area contributed by atoms with E-state index < -0.39 is 0 Å². The van der Waals surface area contributed by atoms with Gasteiger partial charge in [-0.3, -0.25) is 11.3 Å². The minimum absolute atomic E-state index is 0.00296. The molecular weight excluding hydrogens is 212 g/mol. The molecule has 0 aliphatic carbocycles. The summed E-state index contributed by atoms with van der Waals surface area (Å²) in [5.74, 6) is 5.70. The van der Waals surface area contributed by atoms with E-state index in [1.165, 1.54) is 16.7 Å². The van der Waals surface area contributed by atoms with Crippen LogP contribution < -0.4 is 11.3 Å². The molecule has 0 fully saturated rings. The van der Waals surface area contributed by atoms with Crippen LogP contribution in [0.4, 0.5) is 0 Å². The average Bonchev–Trinajstić information content (AvgIpc) is 2.34. The smallest absolute Gasteiger partial charge is 0.0854 e. The number of nitrogens with two attached hydrogens (primary N) is 1. The second kappa shape index (κ2) is 5.63.